The Labute approximate surface area is 319 Å². The van der Waals surface area contributed by atoms with Gasteiger partial charge in [0, 0.05) is 51.5 Å². The zero-order valence-electron chi connectivity index (χ0n) is 34.5. The summed E-state index contributed by atoms with van der Waals surface area (Å²) in [4.78, 5) is 61.1. The number of aromatic hydroxyl groups is 1. The van der Waals surface area contributed by atoms with E-state index in [1.165, 1.54) is 6.42 Å². The number of phenolic OH excluding ortho intramolecular Hbond substituents is 1. The Morgan fingerprint density at radius 2 is 1.69 bits per heavy atom. The molecule has 0 bridgehead atoms. The molecular weight excluding hydrogens is 679 g/mol. The van der Waals surface area contributed by atoms with Crippen LogP contribution in [-0.2, 0) is 30.3 Å². The highest BCUT2D eigenvalue weighted by atomic mass is 32.2. The number of likely N-dealkylation sites (N-methyl/N-ethyl adjacent to an activating group) is 3. The average molecular weight is 750 g/mol. The van der Waals surface area contributed by atoms with Crippen molar-refractivity contribution in [2.45, 2.75) is 116 Å². The first-order valence-corrected chi connectivity index (χ1v) is 20.4. The van der Waals surface area contributed by atoms with Crippen LogP contribution in [0.5, 0.6) is 5.75 Å². The second kappa shape index (κ2) is 23.8. The van der Waals surface area contributed by atoms with E-state index in [2.05, 4.69) is 33.0 Å². The summed E-state index contributed by atoms with van der Waals surface area (Å²) < 4.78 is 5.96. The fraction of sp³-hybridized carbons (Fsp3) is 0.750. The smallest absolute Gasteiger partial charge is 0.242 e. The molecule has 1 aromatic carbocycles. The van der Waals surface area contributed by atoms with Crippen LogP contribution in [0.25, 0.3) is 0 Å². The lowest BCUT2D eigenvalue weighted by molar-refractivity contribution is -0.143. The zero-order chi connectivity index (χ0) is 39.7. The number of methoxy groups -OCH3 is 1. The Morgan fingerprint density at radius 1 is 1.06 bits per heavy atom. The van der Waals surface area contributed by atoms with Crippen molar-refractivity contribution in [3.63, 3.8) is 0 Å². The Hall–Kier alpha value is -2.83. The van der Waals surface area contributed by atoms with Crippen molar-refractivity contribution >= 4 is 35.4 Å². The van der Waals surface area contributed by atoms with E-state index in [4.69, 9.17) is 4.74 Å². The lowest BCUT2D eigenvalue weighted by Gasteiger charge is -2.39. The number of thioether (sulfide) groups is 1. The van der Waals surface area contributed by atoms with Gasteiger partial charge in [-0.2, -0.15) is 11.8 Å². The van der Waals surface area contributed by atoms with Crippen molar-refractivity contribution in [2.24, 2.45) is 17.8 Å². The van der Waals surface area contributed by atoms with E-state index >= 15 is 0 Å². The van der Waals surface area contributed by atoms with Gasteiger partial charge in [-0.15, -0.1) is 0 Å². The number of hydrogen-bond donors (Lipinski definition) is 2. The van der Waals surface area contributed by atoms with E-state index in [9.17, 15) is 24.3 Å². The lowest BCUT2D eigenvalue weighted by Crippen LogP contribution is -2.55. The summed E-state index contributed by atoms with van der Waals surface area (Å²) in [6.07, 6.45) is 5.89. The third-order valence-electron chi connectivity index (χ3n) is 10.2. The van der Waals surface area contributed by atoms with Crippen molar-refractivity contribution in [3.05, 3.63) is 29.8 Å². The summed E-state index contributed by atoms with van der Waals surface area (Å²) in [5.41, 5.74) is 0.964. The maximum atomic E-state index is 14.0. The molecule has 2 N–H and O–H groups in total. The number of amides is 4. The molecule has 1 fully saturated rings. The molecule has 2 rings (SSSR count). The minimum absolute atomic E-state index is 0.0305. The first kappa shape index (κ1) is 47.2. The number of rotatable bonds is 19. The van der Waals surface area contributed by atoms with E-state index in [-0.39, 0.29) is 83.5 Å². The fourth-order valence-corrected chi connectivity index (χ4v) is 8.43. The zero-order valence-corrected chi connectivity index (χ0v) is 35.3. The van der Waals surface area contributed by atoms with Gasteiger partial charge in [0.25, 0.3) is 0 Å². The van der Waals surface area contributed by atoms with Crippen LogP contribution >= 0.6 is 11.8 Å². The van der Waals surface area contributed by atoms with Crippen LogP contribution in [0.4, 0.5) is 0 Å². The average Bonchev–Trinajstić information content (AvgIpc) is 3.58. The third-order valence-corrected chi connectivity index (χ3v) is 11.4. The van der Waals surface area contributed by atoms with Gasteiger partial charge in [0.2, 0.25) is 23.6 Å². The standard InChI is InChI=1S/C37H63N5O6S.C3H8/c1-12-25(4)34(41(9)32(45)23-38-36(46)33(24(2)3)39(6)7)30(48-10)22-31(44)42-19-14-17-29(42)35(49-11)26(5)37(47)40(8)20-18-27-15-13-16-28(43)21-27;1-3-2/h13,15-16,21,24-26,29-30,33-35,43H,12,14,17-20,22-23H2,1-11H3,(H,38,46);3H2,1-2H3. The lowest BCUT2D eigenvalue weighted by atomic mass is 9.90. The van der Waals surface area contributed by atoms with Crippen molar-refractivity contribution in [1.82, 2.24) is 24.9 Å². The summed E-state index contributed by atoms with van der Waals surface area (Å²) in [6.45, 7) is 15.3. The number of phenols is 1. The number of ether oxygens (including phenoxy) is 1. The molecule has 7 unspecified atom stereocenters. The van der Waals surface area contributed by atoms with Crippen LogP contribution in [0, 0.1) is 17.8 Å². The third kappa shape index (κ3) is 13.9. The number of carbonyl (C=O) groups excluding carboxylic acids is 4. The molecule has 298 valence electrons. The Morgan fingerprint density at radius 3 is 2.21 bits per heavy atom. The van der Waals surface area contributed by atoms with Crippen LogP contribution in [0.3, 0.4) is 0 Å². The van der Waals surface area contributed by atoms with Crippen LogP contribution in [0.1, 0.15) is 86.1 Å². The summed E-state index contributed by atoms with van der Waals surface area (Å²) in [5, 5.41) is 12.5. The topological polar surface area (TPSA) is 123 Å². The van der Waals surface area contributed by atoms with Crippen molar-refractivity contribution < 1.29 is 29.0 Å². The fourth-order valence-electron chi connectivity index (χ4n) is 7.31. The van der Waals surface area contributed by atoms with Gasteiger partial charge in [-0.25, -0.2) is 0 Å². The van der Waals surface area contributed by atoms with Gasteiger partial charge in [0.05, 0.1) is 31.2 Å². The molecule has 1 aliphatic heterocycles. The monoisotopic (exact) mass is 750 g/mol. The molecule has 0 saturated carbocycles. The molecule has 11 nitrogen and oxygen atoms in total. The van der Waals surface area contributed by atoms with E-state index < -0.39 is 6.10 Å². The van der Waals surface area contributed by atoms with Gasteiger partial charge in [-0.3, -0.25) is 24.1 Å². The predicted octanol–water partition coefficient (Wildman–Crippen LogP) is 5.15. The number of nitrogens with zero attached hydrogens (tertiary/aromatic N) is 4. The van der Waals surface area contributed by atoms with Gasteiger partial charge < -0.3 is 29.9 Å². The number of benzene rings is 1. The first-order valence-electron chi connectivity index (χ1n) is 19.1. The molecule has 52 heavy (non-hydrogen) atoms. The maximum Gasteiger partial charge on any atom is 0.242 e. The summed E-state index contributed by atoms with van der Waals surface area (Å²) in [7, 11) is 8.81. The predicted molar refractivity (Wildman–Crippen MR) is 213 cm³/mol. The molecule has 1 aliphatic rings. The second-order valence-electron chi connectivity index (χ2n) is 14.9. The van der Waals surface area contributed by atoms with Crippen LogP contribution < -0.4 is 5.32 Å². The number of likely N-dealkylation sites (tertiary alicyclic amines) is 1. The number of hydrogen-bond acceptors (Lipinski definition) is 8. The van der Waals surface area contributed by atoms with Crippen LogP contribution in [-0.4, -0.2) is 139 Å². The quantitative estimate of drug-likeness (QED) is 0.199. The largest absolute Gasteiger partial charge is 0.508 e. The van der Waals surface area contributed by atoms with E-state index in [0.29, 0.717) is 19.5 Å². The normalized spacial score (nSPS) is 17.8. The minimum Gasteiger partial charge on any atom is -0.508 e. The van der Waals surface area contributed by atoms with E-state index in [1.807, 2.05) is 64.0 Å². The van der Waals surface area contributed by atoms with Crippen LogP contribution in [0.2, 0.25) is 0 Å². The van der Waals surface area contributed by atoms with Crippen LogP contribution in [0.15, 0.2) is 24.3 Å². The Balaban J connectivity index is 0.00000434. The SMILES string of the molecule is CCC.CCC(C)C(C(CC(=O)N1CCCC1C(SC)C(C)C(=O)N(C)CCc1cccc(O)c1)OC)N(C)C(=O)CNC(=O)C(C(C)C)N(C)C. The molecule has 0 aromatic heterocycles. The summed E-state index contributed by atoms with van der Waals surface area (Å²) >= 11 is 1.62. The Kier molecular flexibility index (Phi) is 21.6. The highest BCUT2D eigenvalue weighted by Crippen LogP contribution is 2.33. The number of nitrogens with one attached hydrogen (secondary N) is 1. The van der Waals surface area contributed by atoms with Crippen molar-refractivity contribution in [1.29, 1.82) is 0 Å². The molecule has 1 heterocycles. The maximum absolute atomic E-state index is 14.0. The highest BCUT2D eigenvalue weighted by molar-refractivity contribution is 7.99. The van der Waals surface area contributed by atoms with Crippen molar-refractivity contribution in [3.8, 4) is 5.75 Å². The molecule has 1 aromatic rings. The summed E-state index contributed by atoms with van der Waals surface area (Å²) in [5.74, 6) is -0.430. The molecule has 0 aliphatic carbocycles. The van der Waals surface area contributed by atoms with Gasteiger partial charge in [0.15, 0.2) is 0 Å². The minimum atomic E-state index is -0.547. The summed E-state index contributed by atoms with van der Waals surface area (Å²) in [6, 6.07) is 6.26. The second-order valence-corrected chi connectivity index (χ2v) is 15.9. The van der Waals surface area contributed by atoms with E-state index in [0.717, 1.165) is 24.8 Å². The molecule has 1 saturated heterocycles. The molecule has 7 atom stereocenters. The molecule has 0 spiro atoms. The molecule has 12 heteroatoms. The van der Waals surface area contributed by atoms with Gasteiger partial charge >= 0.3 is 0 Å². The van der Waals surface area contributed by atoms with Crippen molar-refractivity contribution in [2.75, 3.05) is 61.2 Å². The molecule has 0 radical (unpaired) electrons. The Bertz CT molecular complexity index is 1240. The van der Waals surface area contributed by atoms with Gasteiger partial charge in [-0.1, -0.05) is 73.4 Å². The van der Waals surface area contributed by atoms with E-state index in [1.54, 1.807) is 53.9 Å². The number of carbonyl (C=O) groups is 4. The van der Waals surface area contributed by atoms with Gasteiger partial charge in [-0.05, 0) is 69.1 Å². The highest BCUT2D eigenvalue weighted by Gasteiger charge is 2.42. The first-order chi connectivity index (χ1) is 24.5. The van der Waals surface area contributed by atoms with Gasteiger partial charge in [0.1, 0.15) is 5.75 Å². The molecular formula is C40H71N5O6S. The molecule has 4 amide bonds.